The van der Waals surface area contributed by atoms with Gasteiger partial charge >= 0.3 is 6.03 Å². The largest absolute Gasteiger partial charge is 0.344 e. The number of nitrogens with one attached hydrogen (secondary N) is 2. The number of nitrogens with zero attached hydrogens (tertiary/aromatic N) is 1. The fourth-order valence-electron chi connectivity index (χ4n) is 2.85. The smallest absolute Gasteiger partial charge is 0.322 e. The zero-order valence-corrected chi connectivity index (χ0v) is 14.5. The summed E-state index contributed by atoms with van der Waals surface area (Å²) in [4.78, 5) is 37.0. The van der Waals surface area contributed by atoms with Gasteiger partial charge in [-0.3, -0.25) is 15.0 Å². The van der Waals surface area contributed by atoms with Crippen LogP contribution in [-0.2, 0) is 11.2 Å². The number of aryl methyl sites for hydroxylation is 1. The Morgan fingerprint density at radius 3 is 2.37 bits per heavy atom. The van der Waals surface area contributed by atoms with Crippen molar-refractivity contribution in [1.82, 2.24) is 15.8 Å². The monoisotopic (exact) mass is 373 g/mol. The molecule has 8 heteroatoms. The highest BCUT2D eigenvalue weighted by Gasteiger charge is 2.48. The number of benzene rings is 2. The first-order chi connectivity index (χ1) is 12.8. The number of halogens is 2. The van der Waals surface area contributed by atoms with E-state index in [0.717, 1.165) is 17.7 Å². The van der Waals surface area contributed by atoms with Crippen molar-refractivity contribution in [2.45, 2.75) is 25.3 Å². The second kappa shape index (κ2) is 7.14. The number of hydrogen-bond donors (Lipinski definition) is 2. The Labute approximate surface area is 154 Å². The topological polar surface area (TPSA) is 78.5 Å². The van der Waals surface area contributed by atoms with Crippen molar-refractivity contribution in [3.63, 3.8) is 0 Å². The lowest BCUT2D eigenvalue weighted by Gasteiger charge is -2.21. The molecule has 0 spiro atoms. The summed E-state index contributed by atoms with van der Waals surface area (Å²) in [5.41, 5.74) is 1.56. The summed E-state index contributed by atoms with van der Waals surface area (Å²) in [7, 11) is 0. The van der Waals surface area contributed by atoms with Crippen molar-refractivity contribution < 1.29 is 23.2 Å². The fourth-order valence-corrected chi connectivity index (χ4v) is 2.85. The van der Waals surface area contributed by atoms with E-state index in [-0.39, 0.29) is 5.56 Å². The van der Waals surface area contributed by atoms with Crippen LogP contribution in [0.4, 0.5) is 13.6 Å². The molecule has 1 heterocycles. The molecular weight excluding hydrogens is 356 g/mol. The molecule has 0 radical (unpaired) electrons. The fraction of sp³-hybridized carbons (Fsp3) is 0.211. The predicted octanol–water partition coefficient (Wildman–Crippen LogP) is 2.55. The Morgan fingerprint density at radius 2 is 1.74 bits per heavy atom. The summed E-state index contributed by atoms with van der Waals surface area (Å²) in [5, 5.41) is 3.09. The van der Waals surface area contributed by atoms with E-state index in [2.05, 4.69) is 10.7 Å². The Morgan fingerprint density at radius 1 is 1.11 bits per heavy atom. The average molecular weight is 373 g/mol. The molecule has 0 aliphatic carbocycles. The van der Waals surface area contributed by atoms with Gasteiger partial charge in [-0.05, 0) is 37.5 Å². The number of rotatable bonds is 5. The van der Waals surface area contributed by atoms with Gasteiger partial charge in [0.05, 0.1) is 0 Å². The number of hydrazine groups is 1. The molecule has 0 aromatic heterocycles. The molecule has 3 rings (SSSR count). The van der Waals surface area contributed by atoms with Gasteiger partial charge in [0.2, 0.25) is 0 Å². The predicted molar refractivity (Wildman–Crippen MR) is 92.4 cm³/mol. The summed E-state index contributed by atoms with van der Waals surface area (Å²) in [6.45, 7) is 1.56. The van der Waals surface area contributed by atoms with E-state index in [9.17, 15) is 23.2 Å². The quantitative estimate of drug-likeness (QED) is 0.791. The van der Waals surface area contributed by atoms with Crippen LogP contribution in [0, 0.1) is 11.6 Å². The molecule has 27 heavy (non-hydrogen) atoms. The SMILES string of the molecule is C[C@]1(CCc2ccccc2)NC(=O)N(NC(=O)c2cc(F)cc(F)c2)C1=O. The number of imide groups is 1. The van der Waals surface area contributed by atoms with Crippen LogP contribution in [0.25, 0.3) is 0 Å². The van der Waals surface area contributed by atoms with Crippen LogP contribution in [0.3, 0.4) is 0 Å². The molecule has 1 aliphatic rings. The minimum atomic E-state index is -1.20. The zero-order valence-electron chi connectivity index (χ0n) is 14.5. The van der Waals surface area contributed by atoms with Gasteiger partial charge in [0.25, 0.3) is 11.8 Å². The Kier molecular flexibility index (Phi) is 4.89. The summed E-state index contributed by atoms with van der Waals surface area (Å²) in [6, 6.07) is 10.9. The number of hydrogen-bond acceptors (Lipinski definition) is 3. The average Bonchev–Trinajstić information content (AvgIpc) is 2.83. The Bertz CT molecular complexity index is 884. The van der Waals surface area contributed by atoms with Crippen molar-refractivity contribution >= 4 is 17.8 Å². The van der Waals surface area contributed by atoms with Crippen LogP contribution in [0.1, 0.15) is 29.3 Å². The molecule has 2 aromatic carbocycles. The first-order valence-electron chi connectivity index (χ1n) is 8.26. The van der Waals surface area contributed by atoms with Gasteiger partial charge in [0.15, 0.2) is 0 Å². The van der Waals surface area contributed by atoms with Gasteiger partial charge in [-0.25, -0.2) is 13.6 Å². The van der Waals surface area contributed by atoms with Crippen LogP contribution in [0.2, 0.25) is 0 Å². The number of carbonyl (C=O) groups is 3. The Hall–Kier alpha value is -3.29. The van der Waals surface area contributed by atoms with E-state index >= 15 is 0 Å². The van der Waals surface area contributed by atoms with Gasteiger partial charge in [0.1, 0.15) is 17.2 Å². The molecular formula is C19H17F2N3O3. The maximum Gasteiger partial charge on any atom is 0.344 e. The zero-order chi connectivity index (χ0) is 19.6. The molecule has 2 N–H and O–H groups in total. The Balaban J connectivity index is 1.70. The van der Waals surface area contributed by atoms with E-state index in [0.29, 0.717) is 23.9 Å². The minimum Gasteiger partial charge on any atom is -0.322 e. The third kappa shape index (κ3) is 3.94. The highest BCUT2D eigenvalue weighted by atomic mass is 19.1. The molecule has 1 fully saturated rings. The number of carbonyl (C=O) groups excluding carboxylic acids is 3. The highest BCUT2D eigenvalue weighted by molar-refractivity contribution is 6.09. The lowest BCUT2D eigenvalue weighted by molar-refractivity contribution is -0.132. The summed E-state index contributed by atoms with van der Waals surface area (Å²) < 4.78 is 26.5. The van der Waals surface area contributed by atoms with Crippen molar-refractivity contribution in [1.29, 1.82) is 0 Å². The summed E-state index contributed by atoms with van der Waals surface area (Å²) in [6.07, 6.45) is 0.864. The van der Waals surface area contributed by atoms with Gasteiger partial charge in [-0.2, -0.15) is 5.01 Å². The van der Waals surface area contributed by atoms with Gasteiger partial charge in [-0.1, -0.05) is 30.3 Å². The maximum absolute atomic E-state index is 13.3. The molecule has 4 amide bonds. The van der Waals surface area contributed by atoms with Crippen LogP contribution in [0.15, 0.2) is 48.5 Å². The third-order valence-electron chi connectivity index (χ3n) is 4.36. The molecule has 1 saturated heterocycles. The van der Waals surface area contributed by atoms with Gasteiger partial charge < -0.3 is 5.32 Å². The molecule has 1 atom stereocenters. The van der Waals surface area contributed by atoms with E-state index in [1.807, 2.05) is 30.3 Å². The molecule has 140 valence electrons. The molecule has 6 nitrogen and oxygen atoms in total. The molecule has 2 aromatic rings. The van der Waals surface area contributed by atoms with Crippen molar-refractivity contribution in [2.24, 2.45) is 0 Å². The third-order valence-corrected chi connectivity index (χ3v) is 4.36. The number of urea groups is 1. The van der Waals surface area contributed by atoms with Crippen molar-refractivity contribution in [3.05, 3.63) is 71.3 Å². The standard InChI is InChI=1S/C19H17F2N3O3/c1-19(8-7-12-5-3-2-4-6-12)17(26)24(18(27)22-19)23-16(25)13-9-14(20)11-15(21)10-13/h2-6,9-11H,7-8H2,1H3,(H,22,27)(H,23,25)/t19-/m1/s1. The highest BCUT2D eigenvalue weighted by Crippen LogP contribution is 2.22. The maximum atomic E-state index is 13.3. The molecule has 0 saturated carbocycles. The van der Waals surface area contributed by atoms with Crippen LogP contribution in [0.5, 0.6) is 0 Å². The first kappa shape index (κ1) is 18.5. The van der Waals surface area contributed by atoms with Gasteiger partial charge in [-0.15, -0.1) is 0 Å². The van der Waals surface area contributed by atoms with E-state index in [4.69, 9.17) is 0 Å². The summed E-state index contributed by atoms with van der Waals surface area (Å²) in [5.74, 6) is -3.49. The normalized spacial score (nSPS) is 19.1. The lowest BCUT2D eigenvalue weighted by Crippen LogP contribution is -2.49. The first-order valence-corrected chi connectivity index (χ1v) is 8.26. The molecule has 0 bridgehead atoms. The van der Waals surface area contributed by atoms with Crippen molar-refractivity contribution in [3.8, 4) is 0 Å². The number of amides is 4. The van der Waals surface area contributed by atoms with Crippen LogP contribution < -0.4 is 10.7 Å². The van der Waals surface area contributed by atoms with Crippen LogP contribution in [-0.4, -0.2) is 28.4 Å². The van der Waals surface area contributed by atoms with Crippen LogP contribution >= 0.6 is 0 Å². The van der Waals surface area contributed by atoms with E-state index < -0.39 is 35.0 Å². The van der Waals surface area contributed by atoms with E-state index in [1.165, 1.54) is 0 Å². The van der Waals surface area contributed by atoms with Gasteiger partial charge in [0, 0.05) is 11.6 Å². The summed E-state index contributed by atoms with van der Waals surface area (Å²) >= 11 is 0. The van der Waals surface area contributed by atoms with E-state index in [1.54, 1.807) is 6.92 Å². The second-order valence-corrected chi connectivity index (χ2v) is 6.49. The second-order valence-electron chi connectivity index (χ2n) is 6.49. The minimum absolute atomic E-state index is 0.322. The van der Waals surface area contributed by atoms with Crippen molar-refractivity contribution in [2.75, 3.05) is 0 Å². The lowest BCUT2D eigenvalue weighted by atomic mass is 9.93. The molecule has 1 aliphatic heterocycles. The molecule has 0 unspecified atom stereocenters.